The fourth-order valence-electron chi connectivity index (χ4n) is 3.64. The molecule has 2 rings (SSSR count). The highest BCUT2D eigenvalue weighted by Gasteiger charge is 2.26. The molecule has 2 atom stereocenters. The van der Waals surface area contributed by atoms with E-state index in [1.807, 2.05) is 6.92 Å². The van der Waals surface area contributed by atoms with Crippen LogP contribution in [0.3, 0.4) is 0 Å². The lowest BCUT2D eigenvalue weighted by Gasteiger charge is -2.33. The van der Waals surface area contributed by atoms with Crippen LogP contribution in [0.15, 0.2) is 4.99 Å². The van der Waals surface area contributed by atoms with E-state index in [4.69, 9.17) is 4.74 Å². The van der Waals surface area contributed by atoms with Gasteiger partial charge >= 0.3 is 0 Å². The maximum atomic E-state index is 10.7. The van der Waals surface area contributed by atoms with Crippen LogP contribution in [0, 0.1) is 0 Å². The molecule has 146 valence electrons. The Labute approximate surface area is 152 Å². The average Bonchev–Trinajstić information content (AvgIpc) is 3.05. The molecule has 2 heterocycles. The highest BCUT2D eigenvalue weighted by molar-refractivity contribution is 5.79. The van der Waals surface area contributed by atoms with Crippen LogP contribution in [0.2, 0.25) is 0 Å². The van der Waals surface area contributed by atoms with Crippen molar-refractivity contribution in [2.24, 2.45) is 4.99 Å². The Kier molecular flexibility index (Phi) is 8.42. The molecule has 0 amide bonds. The Balaban J connectivity index is 1.82. The van der Waals surface area contributed by atoms with Gasteiger partial charge < -0.3 is 20.5 Å². The lowest BCUT2D eigenvalue weighted by atomic mass is 10.1. The molecule has 0 aromatic heterocycles. The molecular weight excluding hydrogens is 318 g/mol. The summed E-state index contributed by atoms with van der Waals surface area (Å²) in [6.07, 6.45) is 2.52. The number of hydrogen-bond acceptors (Lipinski definition) is 5. The first-order chi connectivity index (χ1) is 12.0. The summed E-state index contributed by atoms with van der Waals surface area (Å²) in [5.74, 6) is 0.799. The summed E-state index contributed by atoms with van der Waals surface area (Å²) in [5.41, 5.74) is -0.831. The van der Waals surface area contributed by atoms with Crippen molar-refractivity contribution >= 4 is 5.96 Å². The van der Waals surface area contributed by atoms with E-state index in [1.165, 1.54) is 19.4 Å². The van der Waals surface area contributed by atoms with Crippen LogP contribution in [0.5, 0.6) is 0 Å². The van der Waals surface area contributed by atoms with Gasteiger partial charge in [0.05, 0.1) is 25.4 Å². The molecule has 7 heteroatoms. The van der Waals surface area contributed by atoms with Gasteiger partial charge in [0.25, 0.3) is 0 Å². The number of likely N-dealkylation sites (N-methyl/N-ethyl adjacent to an activating group) is 1. The monoisotopic (exact) mass is 355 g/mol. The molecule has 2 aliphatic heterocycles. The van der Waals surface area contributed by atoms with Crippen molar-refractivity contribution in [2.45, 2.75) is 45.3 Å². The van der Waals surface area contributed by atoms with E-state index >= 15 is 0 Å². The van der Waals surface area contributed by atoms with Gasteiger partial charge in [0.2, 0.25) is 0 Å². The van der Waals surface area contributed by atoms with Crippen molar-refractivity contribution in [3.05, 3.63) is 0 Å². The van der Waals surface area contributed by atoms with Crippen LogP contribution >= 0.6 is 0 Å². The Morgan fingerprint density at radius 3 is 2.68 bits per heavy atom. The SMILES string of the molecule is CCNC(=NCC(C)(O)CN1CCOCC1)NCC1CCCN1CC. The van der Waals surface area contributed by atoms with Crippen LogP contribution in [0.1, 0.15) is 33.6 Å². The van der Waals surface area contributed by atoms with Crippen LogP contribution in [-0.2, 0) is 4.74 Å². The minimum absolute atomic E-state index is 0.391. The zero-order valence-corrected chi connectivity index (χ0v) is 16.3. The molecule has 2 saturated heterocycles. The van der Waals surface area contributed by atoms with Crippen molar-refractivity contribution in [3.63, 3.8) is 0 Å². The van der Waals surface area contributed by atoms with Crippen LogP contribution in [0.25, 0.3) is 0 Å². The third-order valence-corrected chi connectivity index (χ3v) is 5.00. The van der Waals surface area contributed by atoms with Crippen LogP contribution < -0.4 is 10.6 Å². The number of aliphatic imine (C=N–C) groups is 1. The van der Waals surface area contributed by atoms with Gasteiger partial charge in [-0.05, 0) is 39.8 Å². The fraction of sp³-hybridized carbons (Fsp3) is 0.944. The second-order valence-corrected chi connectivity index (χ2v) is 7.39. The lowest BCUT2D eigenvalue weighted by molar-refractivity contribution is -0.0180. The molecule has 0 radical (unpaired) electrons. The standard InChI is InChI=1S/C18H37N5O2/c1-4-19-17(20-13-16-7-6-8-23(16)5-2)21-14-18(3,24)15-22-9-11-25-12-10-22/h16,24H,4-15H2,1-3H3,(H2,19,20,21). The summed E-state index contributed by atoms with van der Waals surface area (Å²) in [4.78, 5) is 9.40. The summed E-state index contributed by atoms with van der Waals surface area (Å²) in [5, 5.41) is 17.4. The summed E-state index contributed by atoms with van der Waals surface area (Å²) >= 11 is 0. The fourth-order valence-corrected chi connectivity index (χ4v) is 3.64. The topological polar surface area (TPSA) is 72.4 Å². The van der Waals surface area contributed by atoms with Crippen molar-refractivity contribution < 1.29 is 9.84 Å². The van der Waals surface area contributed by atoms with Gasteiger partial charge in [-0.25, -0.2) is 0 Å². The number of aliphatic hydroxyl groups is 1. The minimum atomic E-state index is -0.831. The van der Waals surface area contributed by atoms with Crippen LogP contribution in [-0.4, -0.2) is 98.1 Å². The zero-order valence-electron chi connectivity index (χ0n) is 16.3. The van der Waals surface area contributed by atoms with Gasteiger partial charge in [0.1, 0.15) is 0 Å². The minimum Gasteiger partial charge on any atom is -0.387 e. The van der Waals surface area contributed by atoms with E-state index in [0.29, 0.717) is 19.1 Å². The van der Waals surface area contributed by atoms with E-state index in [0.717, 1.165) is 51.9 Å². The Hall–Kier alpha value is -0.890. The first kappa shape index (κ1) is 20.4. The molecule has 25 heavy (non-hydrogen) atoms. The van der Waals surface area contributed by atoms with E-state index in [2.05, 4.69) is 39.3 Å². The Bertz CT molecular complexity index is 410. The number of nitrogens with zero attached hydrogens (tertiary/aromatic N) is 3. The third kappa shape index (κ3) is 7.09. The van der Waals surface area contributed by atoms with Crippen molar-refractivity contribution in [2.75, 3.05) is 65.6 Å². The number of rotatable bonds is 8. The summed E-state index contributed by atoms with van der Waals surface area (Å²) in [6.45, 7) is 14.5. The number of ether oxygens (including phenoxy) is 1. The highest BCUT2D eigenvalue weighted by atomic mass is 16.5. The number of morpholine rings is 1. The molecule has 2 fully saturated rings. The first-order valence-electron chi connectivity index (χ1n) is 9.83. The average molecular weight is 356 g/mol. The summed E-state index contributed by atoms with van der Waals surface area (Å²) in [7, 11) is 0. The van der Waals surface area contributed by atoms with E-state index < -0.39 is 5.60 Å². The smallest absolute Gasteiger partial charge is 0.191 e. The second kappa shape index (κ2) is 10.3. The maximum Gasteiger partial charge on any atom is 0.191 e. The molecule has 7 nitrogen and oxygen atoms in total. The molecule has 0 spiro atoms. The molecule has 2 aliphatic rings. The van der Waals surface area contributed by atoms with Crippen molar-refractivity contribution in [1.82, 2.24) is 20.4 Å². The molecule has 0 bridgehead atoms. The van der Waals surface area contributed by atoms with Gasteiger partial charge in [0, 0.05) is 38.8 Å². The van der Waals surface area contributed by atoms with Gasteiger partial charge in [-0.15, -0.1) is 0 Å². The number of β-amino-alcohol motifs (C(OH)–C–C–N with tert-alkyl or cyclic N) is 1. The second-order valence-electron chi connectivity index (χ2n) is 7.39. The number of nitrogens with one attached hydrogen (secondary N) is 2. The molecular formula is C18H37N5O2. The maximum absolute atomic E-state index is 10.7. The van der Waals surface area contributed by atoms with Crippen LogP contribution in [0.4, 0.5) is 0 Å². The highest BCUT2D eigenvalue weighted by Crippen LogP contribution is 2.15. The number of hydrogen-bond donors (Lipinski definition) is 3. The normalized spacial score (nSPS) is 25.8. The van der Waals surface area contributed by atoms with Crippen molar-refractivity contribution in [3.8, 4) is 0 Å². The van der Waals surface area contributed by atoms with E-state index in [-0.39, 0.29) is 0 Å². The van der Waals surface area contributed by atoms with Crippen molar-refractivity contribution in [1.29, 1.82) is 0 Å². The molecule has 3 N–H and O–H groups in total. The Morgan fingerprint density at radius 1 is 1.24 bits per heavy atom. The Morgan fingerprint density at radius 2 is 2.00 bits per heavy atom. The quantitative estimate of drug-likeness (QED) is 0.424. The van der Waals surface area contributed by atoms with E-state index in [1.54, 1.807) is 0 Å². The predicted octanol–water partition coefficient (Wildman–Crippen LogP) is 0.109. The largest absolute Gasteiger partial charge is 0.387 e. The van der Waals surface area contributed by atoms with Gasteiger partial charge in [-0.2, -0.15) is 0 Å². The van der Waals surface area contributed by atoms with Gasteiger partial charge in [0.15, 0.2) is 5.96 Å². The molecule has 2 unspecified atom stereocenters. The number of guanidine groups is 1. The number of likely N-dealkylation sites (tertiary alicyclic amines) is 1. The molecule has 0 aromatic rings. The van der Waals surface area contributed by atoms with Gasteiger partial charge in [-0.3, -0.25) is 14.8 Å². The molecule has 0 aliphatic carbocycles. The predicted molar refractivity (Wildman–Crippen MR) is 102 cm³/mol. The van der Waals surface area contributed by atoms with Gasteiger partial charge in [-0.1, -0.05) is 6.92 Å². The first-order valence-corrected chi connectivity index (χ1v) is 9.83. The van der Waals surface area contributed by atoms with E-state index in [9.17, 15) is 5.11 Å². The summed E-state index contributed by atoms with van der Waals surface area (Å²) < 4.78 is 5.37. The third-order valence-electron chi connectivity index (χ3n) is 5.00. The molecule has 0 saturated carbocycles. The molecule has 0 aromatic carbocycles. The summed E-state index contributed by atoms with van der Waals surface area (Å²) in [6, 6.07) is 0.586. The zero-order chi connectivity index (χ0) is 18.1. The lowest BCUT2D eigenvalue weighted by Crippen LogP contribution is -2.49.